The van der Waals surface area contributed by atoms with E-state index in [2.05, 4.69) is 11.4 Å². The average molecular weight is 358 g/mol. The number of esters is 1. The normalized spacial score (nSPS) is 15.0. The molecule has 0 saturated heterocycles. The Hall–Kier alpha value is -2.88. The van der Waals surface area contributed by atoms with Crippen molar-refractivity contribution in [3.05, 3.63) is 29.3 Å². The van der Waals surface area contributed by atoms with E-state index in [0.29, 0.717) is 29.7 Å². The number of amides is 1. The second-order valence-corrected chi connectivity index (χ2v) is 6.37. The van der Waals surface area contributed by atoms with Crippen molar-refractivity contribution in [2.75, 3.05) is 13.7 Å². The molecule has 0 aromatic heterocycles. The van der Waals surface area contributed by atoms with Gasteiger partial charge in [-0.2, -0.15) is 5.26 Å². The molecule has 2 rings (SSSR count). The van der Waals surface area contributed by atoms with Gasteiger partial charge in [0.25, 0.3) is 5.91 Å². The van der Waals surface area contributed by atoms with E-state index in [-0.39, 0.29) is 12.2 Å². The number of hydrogen-bond acceptors (Lipinski definition) is 6. The summed E-state index contributed by atoms with van der Waals surface area (Å²) < 4.78 is 10.2. The molecule has 1 saturated carbocycles. The lowest BCUT2D eigenvalue weighted by Gasteiger charge is -2.21. The Morgan fingerprint density at radius 1 is 1.27 bits per heavy atom. The Kier molecular flexibility index (Phi) is 6.34. The molecule has 0 radical (unpaired) electrons. The van der Waals surface area contributed by atoms with E-state index >= 15 is 0 Å². The van der Waals surface area contributed by atoms with Crippen LogP contribution in [0.5, 0.6) is 5.75 Å². The van der Waals surface area contributed by atoms with Crippen LogP contribution in [0.4, 0.5) is 0 Å². The van der Waals surface area contributed by atoms with Gasteiger partial charge in [0, 0.05) is 11.1 Å². The van der Waals surface area contributed by atoms with Gasteiger partial charge in [-0.3, -0.25) is 14.4 Å². The molecule has 7 nitrogen and oxygen atoms in total. The fourth-order valence-electron chi connectivity index (χ4n) is 3.03. The minimum Gasteiger partial charge on any atom is -0.496 e. The van der Waals surface area contributed by atoms with E-state index in [4.69, 9.17) is 9.47 Å². The minimum atomic E-state index is -0.845. The van der Waals surface area contributed by atoms with Crippen molar-refractivity contribution in [3.63, 3.8) is 0 Å². The smallest absolute Gasteiger partial charge is 0.310 e. The van der Waals surface area contributed by atoms with E-state index < -0.39 is 24.0 Å². The molecule has 1 aromatic carbocycles. The molecule has 7 heteroatoms. The fraction of sp³-hybridized carbons (Fsp3) is 0.474. The molecule has 26 heavy (non-hydrogen) atoms. The number of hydrogen-bond donors (Lipinski definition) is 1. The second kappa shape index (κ2) is 8.48. The standard InChI is InChI=1S/C19H22N2O5/c1-13(22)14-5-6-16(25-2)15(9-14)10-18(24)26-11-17(23)21-19(12-20)7-3-4-8-19/h5-6,9H,3-4,7-8,10-11H2,1-2H3,(H,21,23). The predicted octanol–water partition coefficient (Wildman–Crippen LogP) is 1.94. The quantitative estimate of drug-likeness (QED) is 0.590. The summed E-state index contributed by atoms with van der Waals surface area (Å²) in [5.74, 6) is -0.770. The van der Waals surface area contributed by atoms with Gasteiger partial charge < -0.3 is 14.8 Å². The first-order valence-electron chi connectivity index (χ1n) is 8.45. The first-order chi connectivity index (χ1) is 12.4. The van der Waals surface area contributed by atoms with Gasteiger partial charge in [-0.15, -0.1) is 0 Å². The molecule has 0 atom stereocenters. The number of methoxy groups -OCH3 is 1. The van der Waals surface area contributed by atoms with E-state index in [9.17, 15) is 19.6 Å². The molecule has 0 aliphatic heterocycles. The maximum absolute atomic E-state index is 12.0. The number of carbonyl (C=O) groups is 3. The molecule has 1 aliphatic carbocycles. The Labute approximate surface area is 152 Å². The molecular formula is C19H22N2O5. The third-order valence-electron chi connectivity index (χ3n) is 4.44. The van der Waals surface area contributed by atoms with Gasteiger partial charge >= 0.3 is 5.97 Å². The Morgan fingerprint density at radius 3 is 2.54 bits per heavy atom. The van der Waals surface area contributed by atoms with Crippen molar-refractivity contribution in [2.24, 2.45) is 0 Å². The lowest BCUT2D eigenvalue weighted by molar-refractivity contribution is -0.148. The zero-order valence-electron chi connectivity index (χ0n) is 15.0. The molecule has 138 valence electrons. The highest BCUT2D eigenvalue weighted by Crippen LogP contribution is 2.28. The van der Waals surface area contributed by atoms with Gasteiger partial charge in [0.2, 0.25) is 0 Å². The van der Waals surface area contributed by atoms with Crippen LogP contribution >= 0.6 is 0 Å². The van der Waals surface area contributed by atoms with E-state index in [1.54, 1.807) is 18.2 Å². The predicted molar refractivity (Wildman–Crippen MR) is 92.6 cm³/mol. The van der Waals surface area contributed by atoms with Gasteiger partial charge in [-0.1, -0.05) is 0 Å². The van der Waals surface area contributed by atoms with Crippen LogP contribution in [-0.2, 0) is 20.7 Å². The highest BCUT2D eigenvalue weighted by atomic mass is 16.5. The van der Waals surface area contributed by atoms with Gasteiger partial charge in [0.15, 0.2) is 12.4 Å². The number of benzene rings is 1. The number of carbonyl (C=O) groups excluding carboxylic acids is 3. The number of rotatable bonds is 7. The van der Waals surface area contributed by atoms with E-state index in [1.165, 1.54) is 14.0 Å². The van der Waals surface area contributed by atoms with Crippen LogP contribution in [0.1, 0.15) is 48.5 Å². The van der Waals surface area contributed by atoms with Gasteiger partial charge in [-0.05, 0) is 50.8 Å². The highest BCUT2D eigenvalue weighted by Gasteiger charge is 2.35. The number of Topliss-reactive ketones (excluding diaryl/α,β-unsaturated/α-hetero) is 1. The van der Waals surface area contributed by atoms with Crippen LogP contribution in [0.25, 0.3) is 0 Å². The van der Waals surface area contributed by atoms with Crippen LogP contribution in [0.15, 0.2) is 18.2 Å². The molecular weight excluding hydrogens is 336 g/mol. The lowest BCUT2D eigenvalue weighted by Crippen LogP contribution is -2.46. The van der Waals surface area contributed by atoms with E-state index in [0.717, 1.165) is 12.8 Å². The first-order valence-corrected chi connectivity index (χ1v) is 8.45. The van der Waals surface area contributed by atoms with Crippen molar-refractivity contribution in [1.29, 1.82) is 5.26 Å². The number of nitrogens with one attached hydrogen (secondary N) is 1. The van der Waals surface area contributed by atoms with Crippen LogP contribution in [0, 0.1) is 11.3 Å². The van der Waals surface area contributed by atoms with Crippen molar-refractivity contribution < 1.29 is 23.9 Å². The summed E-state index contributed by atoms with van der Waals surface area (Å²) in [4.78, 5) is 35.5. The van der Waals surface area contributed by atoms with Gasteiger partial charge in [-0.25, -0.2) is 0 Å². The third-order valence-corrected chi connectivity index (χ3v) is 4.44. The second-order valence-electron chi connectivity index (χ2n) is 6.37. The average Bonchev–Trinajstić information content (AvgIpc) is 3.08. The Morgan fingerprint density at radius 2 is 1.96 bits per heavy atom. The summed E-state index contributed by atoms with van der Waals surface area (Å²) in [6.45, 7) is 0.985. The molecule has 0 spiro atoms. The first kappa shape index (κ1) is 19.4. The largest absolute Gasteiger partial charge is 0.496 e. The van der Waals surface area contributed by atoms with Gasteiger partial charge in [0.05, 0.1) is 19.6 Å². The number of nitrogens with zero attached hydrogens (tertiary/aromatic N) is 1. The zero-order valence-corrected chi connectivity index (χ0v) is 15.0. The Bertz CT molecular complexity index is 745. The molecule has 0 bridgehead atoms. The molecule has 1 amide bonds. The van der Waals surface area contributed by atoms with Crippen LogP contribution in [0.2, 0.25) is 0 Å². The lowest BCUT2D eigenvalue weighted by atomic mass is 10.00. The van der Waals surface area contributed by atoms with Crippen LogP contribution < -0.4 is 10.1 Å². The van der Waals surface area contributed by atoms with Crippen molar-refractivity contribution in [1.82, 2.24) is 5.32 Å². The topological polar surface area (TPSA) is 105 Å². The molecule has 1 aliphatic rings. The van der Waals surface area contributed by atoms with Crippen LogP contribution in [0.3, 0.4) is 0 Å². The fourth-order valence-corrected chi connectivity index (χ4v) is 3.03. The summed E-state index contributed by atoms with van der Waals surface area (Å²) in [5.41, 5.74) is 0.126. The minimum absolute atomic E-state index is 0.124. The molecule has 1 fully saturated rings. The highest BCUT2D eigenvalue weighted by molar-refractivity contribution is 5.94. The zero-order chi connectivity index (χ0) is 19.2. The summed E-state index contributed by atoms with van der Waals surface area (Å²) in [7, 11) is 1.47. The maximum atomic E-state index is 12.0. The van der Waals surface area contributed by atoms with Gasteiger partial charge in [0.1, 0.15) is 11.3 Å². The molecule has 0 heterocycles. The molecule has 1 N–H and O–H groups in total. The Balaban J connectivity index is 1.92. The summed E-state index contributed by atoms with van der Waals surface area (Å²) in [6, 6.07) is 6.95. The molecule has 0 unspecified atom stereocenters. The van der Waals surface area contributed by atoms with Crippen LogP contribution in [-0.4, -0.2) is 36.9 Å². The number of ketones is 1. The van der Waals surface area contributed by atoms with Crippen molar-refractivity contribution in [2.45, 2.75) is 44.6 Å². The summed E-state index contributed by atoms with van der Waals surface area (Å²) in [5, 5.41) is 11.9. The molecule has 1 aromatic rings. The monoisotopic (exact) mass is 358 g/mol. The third kappa shape index (κ3) is 4.82. The van der Waals surface area contributed by atoms with E-state index in [1.807, 2.05) is 0 Å². The maximum Gasteiger partial charge on any atom is 0.310 e. The number of nitriles is 1. The SMILES string of the molecule is COc1ccc(C(C)=O)cc1CC(=O)OCC(=O)NC1(C#N)CCCC1. The van der Waals surface area contributed by atoms with Crippen molar-refractivity contribution in [3.8, 4) is 11.8 Å². The van der Waals surface area contributed by atoms with Crippen molar-refractivity contribution >= 4 is 17.7 Å². The number of ether oxygens (including phenoxy) is 2. The summed E-state index contributed by atoms with van der Waals surface area (Å²) in [6.07, 6.45) is 2.87. The summed E-state index contributed by atoms with van der Waals surface area (Å²) >= 11 is 0.